The van der Waals surface area contributed by atoms with Gasteiger partial charge in [-0.15, -0.1) is 0 Å². The minimum Gasteiger partial charge on any atom is -0.346 e. The van der Waals surface area contributed by atoms with Gasteiger partial charge in [0.25, 0.3) is 0 Å². The molecule has 35 heavy (non-hydrogen) atoms. The van der Waals surface area contributed by atoms with Crippen molar-refractivity contribution in [3.63, 3.8) is 0 Å². The Morgan fingerprint density at radius 1 is 1.17 bits per heavy atom. The van der Waals surface area contributed by atoms with E-state index in [9.17, 15) is 30.8 Å². The average molecular weight is 516 g/mol. The second-order valence-corrected chi connectivity index (χ2v) is 10.0. The van der Waals surface area contributed by atoms with Gasteiger partial charge in [-0.2, -0.15) is 13.2 Å². The second-order valence-electron chi connectivity index (χ2n) is 8.26. The van der Waals surface area contributed by atoms with E-state index in [-0.39, 0.29) is 11.4 Å². The van der Waals surface area contributed by atoms with Gasteiger partial charge in [0.2, 0.25) is 15.9 Å². The molecule has 2 rings (SSSR count). The van der Waals surface area contributed by atoms with Gasteiger partial charge >= 0.3 is 6.18 Å². The molecule has 1 aromatic heterocycles. The molecule has 11 heteroatoms. The number of anilines is 1. The van der Waals surface area contributed by atoms with E-state index in [0.29, 0.717) is 23.2 Å². The molecule has 0 spiro atoms. The Balaban J connectivity index is 2.12. The number of carbonyl (C=O) groups excluding carboxylic acids is 1. The summed E-state index contributed by atoms with van der Waals surface area (Å²) in [6.45, 7) is 3.65. The highest BCUT2D eigenvalue weighted by atomic mass is 32.2. The Morgan fingerprint density at radius 2 is 1.89 bits per heavy atom. The molecule has 1 heterocycles. The summed E-state index contributed by atoms with van der Waals surface area (Å²) >= 11 is 0. The molecule has 1 atom stereocenters. The van der Waals surface area contributed by atoms with Crippen LogP contribution in [-0.4, -0.2) is 31.7 Å². The summed E-state index contributed by atoms with van der Waals surface area (Å²) in [5.41, 5.74) is 1.19. The molecule has 0 aliphatic rings. The van der Waals surface area contributed by atoms with Gasteiger partial charge < -0.3 is 5.32 Å². The van der Waals surface area contributed by atoms with E-state index in [1.54, 1.807) is 6.92 Å². The Labute approximate surface area is 202 Å². The zero-order chi connectivity index (χ0) is 26.2. The summed E-state index contributed by atoms with van der Waals surface area (Å²) in [5, 5.41) is 2.68. The lowest BCUT2D eigenvalue weighted by molar-refractivity contribution is -0.127. The average Bonchev–Trinajstić information content (AvgIpc) is 2.72. The standard InChI is InChI=1S/C24H29F4N3O3S/c1-4-5-6-7-21-17(8-11-19(30-21)15-24(26,27)28)10-13-23(32)29-16(2)18-9-12-22(20(25)14-18)31-35(3,33)34/h8-14,16,31H,4-7,15H2,1-3H3,(H,29,32). The number of hydrogen-bond donors (Lipinski definition) is 2. The molecular formula is C24H29F4N3O3S. The zero-order valence-electron chi connectivity index (χ0n) is 19.7. The Hall–Kier alpha value is -2.95. The molecule has 1 unspecified atom stereocenters. The predicted molar refractivity (Wildman–Crippen MR) is 128 cm³/mol. The summed E-state index contributed by atoms with van der Waals surface area (Å²) in [7, 11) is -3.64. The van der Waals surface area contributed by atoms with Gasteiger partial charge in [0.05, 0.1) is 24.4 Å². The van der Waals surface area contributed by atoms with E-state index in [1.807, 2.05) is 6.92 Å². The molecule has 2 aromatic rings. The third-order valence-corrected chi connectivity index (χ3v) is 5.62. The van der Waals surface area contributed by atoms with Crippen LogP contribution in [-0.2, 0) is 27.7 Å². The van der Waals surface area contributed by atoms with Crippen molar-refractivity contribution in [1.82, 2.24) is 10.3 Å². The highest BCUT2D eigenvalue weighted by Crippen LogP contribution is 2.23. The number of alkyl halides is 3. The lowest BCUT2D eigenvalue weighted by Crippen LogP contribution is -2.24. The van der Waals surface area contributed by atoms with Crippen LogP contribution in [0.5, 0.6) is 0 Å². The van der Waals surface area contributed by atoms with Crippen molar-refractivity contribution in [2.24, 2.45) is 0 Å². The number of benzene rings is 1. The fourth-order valence-electron chi connectivity index (χ4n) is 3.35. The molecule has 0 bridgehead atoms. The molecule has 0 saturated carbocycles. The van der Waals surface area contributed by atoms with Crippen LogP contribution in [0, 0.1) is 5.82 Å². The monoisotopic (exact) mass is 515 g/mol. The molecule has 0 aliphatic carbocycles. The summed E-state index contributed by atoms with van der Waals surface area (Å²) in [5.74, 6) is -1.28. The molecule has 0 fully saturated rings. The quantitative estimate of drug-likeness (QED) is 0.241. The summed E-state index contributed by atoms with van der Waals surface area (Å²) in [6.07, 6.45) is 1.27. The molecule has 0 saturated heterocycles. The Morgan fingerprint density at radius 3 is 2.49 bits per heavy atom. The smallest absolute Gasteiger partial charge is 0.346 e. The van der Waals surface area contributed by atoms with E-state index in [4.69, 9.17) is 0 Å². The minimum absolute atomic E-state index is 0.0740. The number of sulfonamides is 1. The lowest BCUT2D eigenvalue weighted by Gasteiger charge is -2.15. The number of halogens is 4. The fourth-order valence-corrected chi connectivity index (χ4v) is 3.91. The predicted octanol–water partition coefficient (Wildman–Crippen LogP) is 5.32. The van der Waals surface area contributed by atoms with Gasteiger partial charge in [-0.3, -0.25) is 14.5 Å². The highest BCUT2D eigenvalue weighted by Gasteiger charge is 2.28. The second kappa shape index (κ2) is 12.1. The van der Waals surface area contributed by atoms with Crippen molar-refractivity contribution in [1.29, 1.82) is 0 Å². The van der Waals surface area contributed by atoms with E-state index < -0.39 is 40.4 Å². The van der Waals surface area contributed by atoms with Crippen molar-refractivity contribution in [3.05, 3.63) is 64.7 Å². The Kier molecular flexibility index (Phi) is 9.82. The van der Waals surface area contributed by atoms with Gasteiger partial charge in [0, 0.05) is 17.5 Å². The number of carbonyl (C=O) groups is 1. The first-order valence-corrected chi connectivity index (χ1v) is 13.0. The SMILES string of the molecule is CCCCCc1nc(CC(F)(F)F)ccc1C=CC(=O)NC(C)c1ccc(NS(C)(=O)=O)c(F)c1. The number of hydrogen-bond acceptors (Lipinski definition) is 4. The fraction of sp³-hybridized carbons (Fsp3) is 0.417. The topological polar surface area (TPSA) is 88.2 Å². The number of unbranched alkanes of at least 4 members (excludes halogenated alkanes) is 2. The number of aryl methyl sites for hydroxylation is 1. The zero-order valence-corrected chi connectivity index (χ0v) is 20.6. The molecule has 192 valence electrons. The van der Waals surface area contributed by atoms with E-state index in [0.717, 1.165) is 31.6 Å². The first-order chi connectivity index (χ1) is 16.3. The van der Waals surface area contributed by atoms with E-state index in [1.165, 1.54) is 36.4 Å². The van der Waals surface area contributed by atoms with Crippen LogP contribution in [0.3, 0.4) is 0 Å². The van der Waals surface area contributed by atoms with Crippen LogP contribution >= 0.6 is 0 Å². The van der Waals surface area contributed by atoms with Gasteiger partial charge in [-0.1, -0.05) is 31.9 Å². The van der Waals surface area contributed by atoms with Gasteiger partial charge in [0.15, 0.2) is 0 Å². The van der Waals surface area contributed by atoms with Gasteiger partial charge in [0.1, 0.15) is 5.82 Å². The number of amides is 1. The third kappa shape index (κ3) is 10.1. The number of pyridine rings is 1. The maximum Gasteiger partial charge on any atom is 0.394 e. The number of rotatable bonds is 11. The van der Waals surface area contributed by atoms with Crippen LogP contribution < -0.4 is 10.0 Å². The van der Waals surface area contributed by atoms with Crippen LogP contribution in [0.4, 0.5) is 23.2 Å². The molecule has 0 aliphatic heterocycles. The molecule has 6 nitrogen and oxygen atoms in total. The van der Waals surface area contributed by atoms with Crippen molar-refractivity contribution in [3.8, 4) is 0 Å². The van der Waals surface area contributed by atoms with Crippen LogP contribution in [0.1, 0.15) is 61.7 Å². The van der Waals surface area contributed by atoms with Crippen LogP contribution in [0.15, 0.2) is 36.4 Å². The minimum atomic E-state index is -4.36. The molecule has 0 radical (unpaired) electrons. The maximum absolute atomic E-state index is 14.2. The van der Waals surface area contributed by atoms with Crippen molar-refractivity contribution < 1.29 is 30.8 Å². The van der Waals surface area contributed by atoms with Crippen LogP contribution in [0.2, 0.25) is 0 Å². The van der Waals surface area contributed by atoms with Gasteiger partial charge in [-0.05, 0) is 55.2 Å². The summed E-state index contributed by atoms with van der Waals surface area (Å²) in [6, 6.07) is 6.10. The summed E-state index contributed by atoms with van der Waals surface area (Å²) in [4.78, 5) is 16.6. The van der Waals surface area contributed by atoms with Gasteiger partial charge in [-0.25, -0.2) is 12.8 Å². The Bertz CT molecular complexity index is 1170. The third-order valence-electron chi connectivity index (χ3n) is 5.03. The van der Waals surface area contributed by atoms with E-state index in [2.05, 4.69) is 15.0 Å². The molecule has 1 amide bonds. The highest BCUT2D eigenvalue weighted by molar-refractivity contribution is 7.92. The largest absolute Gasteiger partial charge is 0.394 e. The normalized spacial score (nSPS) is 13.1. The first-order valence-electron chi connectivity index (χ1n) is 11.1. The lowest BCUT2D eigenvalue weighted by atomic mass is 10.0. The van der Waals surface area contributed by atoms with Crippen LogP contribution in [0.25, 0.3) is 6.08 Å². The van der Waals surface area contributed by atoms with E-state index >= 15 is 0 Å². The molecule has 1 aromatic carbocycles. The first kappa shape index (κ1) is 28.3. The molecular weight excluding hydrogens is 486 g/mol. The van der Waals surface area contributed by atoms with Crippen molar-refractivity contribution in [2.45, 2.75) is 58.2 Å². The maximum atomic E-state index is 14.2. The summed E-state index contributed by atoms with van der Waals surface area (Å²) < 4.78 is 77.1. The van der Waals surface area contributed by atoms with Crippen molar-refractivity contribution in [2.75, 3.05) is 11.0 Å². The van der Waals surface area contributed by atoms with Crippen molar-refractivity contribution >= 4 is 27.7 Å². The number of aromatic nitrogens is 1. The number of nitrogens with one attached hydrogen (secondary N) is 2. The number of nitrogens with zero attached hydrogens (tertiary/aromatic N) is 1. The molecule has 2 N–H and O–H groups in total.